The number of aromatic nitrogens is 1. The third-order valence-corrected chi connectivity index (χ3v) is 6.05. The van der Waals surface area contributed by atoms with E-state index in [1.165, 1.54) is 12.6 Å². The van der Waals surface area contributed by atoms with Gasteiger partial charge in [0.25, 0.3) is 0 Å². The maximum atomic E-state index is 13.0. The van der Waals surface area contributed by atoms with Crippen molar-refractivity contribution in [1.82, 2.24) is 4.98 Å². The number of methoxy groups -OCH3 is 1. The molecule has 2 aliphatic rings. The number of benzene rings is 1. The first kappa shape index (κ1) is 20.3. The van der Waals surface area contributed by atoms with Crippen LogP contribution >= 0.6 is 0 Å². The molecule has 1 aromatic carbocycles. The highest BCUT2D eigenvalue weighted by molar-refractivity contribution is 6.03. The summed E-state index contributed by atoms with van der Waals surface area (Å²) in [5.74, 6) is 0.312. The van der Waals surface area contributed by atoms with E-state index in [9.17, 15) is 15.3 Å². The third kappa shape index (κ3) is 3.76. The Morgan fingerprint density at radius 3 is 2.77 bits per heavy atom. The zero-order valence-corrected chi connectivity index (χ0v) is 17.0. The molecule has 1 N–H and O–H groups in total. The van der Waals surface area contributed by atoms with E-state index in [1.54, 1.807) is 25.3 Å². The predicted octanol–water partition coefficient (Wildman–Crippen LogP) is 3.08. The van der Waals surface area contributed by atoms with Gasteiger partial charge in [-0.1, -0.05) is 12.5 Å². The van der Waals surface area contributed by atoms with Crippen LogP contribution in [0.15, 0.2) is 36.5 Å². The Morgan fingerprint density at radius 2 is 2.07 bits per heavy atom. The van der Waals surface area contributed by atoms with E-state index < -0.39 is 12.0 Å². The summed E-state index contributed by atoms with van der Waals surface area (Å²) < 4.78 is 11.7. The van der Waals surface area contributed by atoms with Crippen LogP contribution in [0.2, 0.25) is 0 Å². The number of carbonyl (C=O) groups excluding carboxylic acids is 1. The summed E-state index contributed by atoms with van der Waals surface area (Å²) in [6.07, 6.45) is 7.34. The van der Waals surface area contributed by atoms with Crippen molar-refractivity contribution in [2.24, 2.45) is 0 Å². The molecular formula is C23H25N3O4. The normalized spacial score (nSPS) is 22.2. The van der Waals surface area contributed by atoms with Gasteiger partial charge in [-0.15, -0.1) is 0 Å². The molecule has 3 unspecified atom stereocenters. The van der Waals surface area contributed by atoms with E-state index in [-0.39, 0.29) is 29.1 Å². The van der Waals surface area contributed by atoms with Gasteiger partial charge in [-0.05, 0) is 49.4 Å². The van der Waals surface area contributed by atoms with Gasteiger partial charge < -0.3 is 19.7 Å². The number of hydrogen-bond donors (Lipinski definition) is 1. The molecule has 7 nitrogen and oxygen atoms in total. The quantitative estimate of drug-likeness (QED) is 0.739. The van der Waals surface area contributed by atoms with Crippen molar-refractivity contribution in [3.63, 3.8) is 0 Å². The summed E-state index contributed by atoms with van der Waals surface area (Å²) in [6.45, 7) is 0. The molecule has 3 atom stereocenters. The lowest BCUT2D eigenvalue weighted by molar-refractivity contribution is -0.792. The minimum Gasteiger partial charge on any atom is -0.628 e. The van der Waals surface area contributed by atoms with E-state index in [0.29, 0.717) is 22.7 Å². The smallest absolute Gasteiger partial charge is 0.245 e. The molecule has 30 heavy (non-hydrogen) atoms. The van der Waals surface area contributed by atoms with Gasteiger partial charge in [0.2, 0.25) is 5.78 Å². The molecule has 0 saturated heterocycles. The zero-order valence-electron chi connectivity index (χ0n) is 17.0. The average molecular weight is 407 g/mol. The average Bonchev–Trinajstić information content (AvgIpc) is 3.03. The van der Waals surface area contributed by atoms with Crippen molar-refractivity contribution >= 4 is 11.5 Å². The Labute approximate surface area is 175 Å². The second kappa shape index (κ2) is 8.82. The van der Waals surface area contributed by atoms with Gasteiger partial charge >= 0.3 is 0 Å². The zero-order chi connectivity index (χ0) is 21.1. The van der Waals surface area contributed by atoms with Crippen LogP contribution in [0.25, 0.3) is 0 Å². The topological polar surface area (TPSA) is 99.7 Å². The van der Waals surface area contributed by atoms with E-state index in [1.807, 2.05) is 12.1 Å². The van der Waals surface area contributed by atoms with Gasteiger partial charge in [0, 0.05) is 18.7 Å². The summed E-state index contributed by atoms with van der Waals surface area (Å²) in [6, 6.07) is 9.90. The molecule has 1 aliphatic carbocycles. The number of nitrogens with zero attached hydrogens (tertiary/aromatic N) is 2. The maximum Gasteiger partial charge on any atom is 0.245 e. The number of pyridine rings is 1. The second-order valence-electron chi connectivity index (χ2n) is 7.86. The maximum absolute atomic E-state index is 13.0. The van der Waals surface area contributed by atoms with Crippen molar-refractivity contribution in [2.45, 2.75) is 56.6 Å². The predicted molar refractivity (Wildman–Crippen MR) is 110 cm³/mol. The highest BCUT2D eigenvalue weighted by Crippen LogP contribution is 2.36. The van der Waals surface area contributed by atoms with Crippen LogP contribution in [-0.4, -0.2) is 30.0 Å². The number of nitrogens with one attached hydrogen (secondary N) is 1. The molecule has 1 fully saturated rings. The van der Waals surface area contributed by atoms with Crippen LogP contribution in [0.4, 0.5) is 5.69 Å². The first-order chi connectivity index (χ1) is 14.6. The number of fused-ring (bicyclic) bond motifs is 1. The van der Waals surface area contributed by atoms with Crippen LogP contribution in [0.5, 0.6) is 11.5 Å². The van der Waals surface area contributed by atoms with Crippen molar-refractivity contribution in [3.05, 3.63) is 53.0 Å². The molecule has 156 valence electrons. The standard InChI is InChI=1S/C23H25N3O4/c1-29-20-14-15(9-10-19(20)30-16-6-3-2-4-7-16)17(11-12-24)22-23(27)21-18(26(22)28)8-5-13-25-21/h5,8-10,13-14,16-17,22,26H,2-4,6-7,11H2,1H3. The van der Waals surface area contributed by atoms with Crippen molar-refractivity contribution in [3.8, 4) is 17.6 Å². The Kier molecular flexibility index (Phi) is 5.98. The summed E-state index contributed by atoms with van der Waals surface area (Å²) in [5.41, 5.74) is 1.24. The van der Waals surface area contributed by atoms with Gasteiger partial charge in [-0.25, -0.2) is 4.98 Å². The van der Waals surface area contributed by atoms with Crippen LogP contribution in [-0.2, 0) is 0 Å². The highest BCUT2D eigenvalue weighted by Gasteiger charge is 2.45. The number of ether oxygens (including phenoxy) is 2. The molecule has 7 heteroatoms. The fourth-order valence-corrected chi connectivity index (χ4v) is 4.50. The van der Waals surface area contributed by atoms with Crippen LogP contribution < -0.4 is 14.5 Å². The second-order valence-corrected chi connectivity index (χ2v) is 7.86. The van der Waals surface area contributed by atoms with Gasteiger partial charge in [0.05, 0.1) is 25.2 Å². The lowest BCUT2D eigenvalue weighted by Gasteiger charge is -2.29. The first-order valence-corrected chi connectivity index (χ1v) is 10.4. The summed E-state index contributed by atoms with van der Waals surface area (Å²) in [5, 5.41) is 22.1. The minimum absolute atomic E-state index is 0.0438. The molecule has 0 radical (unpaired) electrons. The SMILES string of the molecule is COc1cc(C(CC#N)C2C(=O)c3ncccc3[NH+]2[O-])ccc1OC1CCCCC1. The summed E-state index contributed by atoms with van der Waals surface area (Å²) >= 11 is 0. The Bertz CT molecular complexity index is 965. The van der Waals surface area contributed by atoms with Crippen molar-refractivity contribution in [1.29, 1.82) is 5.26 Å². The molecule has 1 saturated carbocycles. The minimum atomic E-state index is -0.940. The van der Waals surface area contributed by atoms with E-state index in [0.717, 1.165) is 25.7 Å². The molecule has 1 aliphatic heterocycles. The first-order valence-electron chi connectivity index (χ1n) is 10.4. The largest absolute Gasteiger partial charge is 0.628 e. The van der Waals surface area contributed by atoms with Crippen LogP contribution in [0.3, 0.4) is 0 Å². The van der Waals surface area contributed by atoms with Gasteiger partial charge in [-0.3, -0.25) is 4.79 Å². The van der Waals surface area contributed by atoms with E-state index in [4.69, 9.17) is 9.47 Å². The fraction of sp³-hybridized carbons (Fsp3) is 0.435. The van der Waals surface area contributed by atoms with Gasteiger partial charge in [0.1, 0.15) is 0 Å². The van der Waals surface area contributed by atoms with Crippen molar-refractivity contribution in [2.75, 3.05) is 7.11 Å². The highest BCUT2D eigenvalue weighted by atomic mass is 16.5. The fourth-order valence-electron chi connectivity index (χ4n) is 4.50. The summed E-state index contributed by atoms with van der Waals surface area (Å²) in [7, 11) is 1.57. The molecule has 0 amide bonds. The Hall–Kier alpha value is -2.95. The summed E-state index contributed by atoms with van der Waals surface area (Å²) in [4.78, 5) is 17.0. The number of nitriles is 1. The van der Waals surface area contributed by atoms with E-state index >= 15 is 0 Å². The molecular weight excluding hydrogens is 382 g/mol. The number of hydrogen-bond acceptors (Lipinski definition) is 6. The molecule has 1 aromatic heterocycles. The Morgan fingerprint density at radius 1 is 1.27 bits per heavy atom. The van der Waals surface area contributed by atoms with Gasteiger partial charge in [-0.2, -0.15) is 5.26 Å². The van der Waals surface area contributed by atoms with Crippen LogP contribution in [0, 0.1) is 16.5 Å². The number of rotatable bonds is 6. The number of carbonyl (C=O) groups is 1. The third-order valence-electron chi connectivity index (χ3n) is 6.05. The van der Waals surface area contributed by atoms with Crippen molar-refractivity contribution < 1.29 is 19.3 Å². The molecule has 2 aromatic rings. The lowest BCUT2D eigenvalue weighted by atomic mass is 9.87. The Balaban J connectivity index is 1.63. The number of ketones is 1. The molecule has 0 bridgehead atoms. The number of hydroxylamine groups is 1. The van der Waals surface area contributed by atoms with E-state index in [2.05, 4.69) is 11.1 Å². The molecule has 4 rings (SSSR count). The monoisotopic (exact) mass is 407 g/mol. The van der Waals surface area contributed by atoms with Gasteiger partial charge in [0.15, 0.2) is 28.9 Å². The molecule has 0 spiro atoms. The molecule has 2 heterocycles. The van der Waals surface area contributed by atoms with Crippen LogP contribution in [0.1, 0.15) is 60.5 Å². The number of quaternary nitrogens is 1. The lowest BCUT2D eigenvalue weighted by Crippen LogP contribution is -3.06. The number of Topliss-reactive ketones (excluding diaryl/α,β-unsaturated/α-hetero) is 1.